The number of hydrogen-bond acceptors (Lipinski definition) is 3. The maximum absolute atomic E-state index is 11.9. The third-order valence-electron chi connectivity index (χ3n) is 3.16. The van der Waals surface area contributed by atoms with Gasteiger partial charge in [0.1, 0.15) is 11.8 Å². The molecule has 0 N–H and O–H groups in total. The Morgan fingerprint density at radius 3 is 2.65 bits per heavy atom. The average molecular weight is 229 g/mol. The van der Waals surface area contributed by atoms with Gasteiger partial charge in [-0.1, -0.05) is 31.4 Å². The van der Waals surface area contributed by atoms with Crippen LogP contribution in [0.2, 0.25) is 0 Å². The van der Waals surface area contributed by atoms with Gasteiger partial charge >= 0.3 is 5.97 Å². The van der Waals surface area contributed by atoms with Gasteiger partial charge < -0.3 is 4.74 Å². The zero-order valence-corrected chi connectivity index (χ0v) is 9.69. The van der Waals surface area contributed by atoms with Crippen LogP contribution >= 0.6 is 0 Å². The summed E-state index contributed by atoms with van der Waals surface area (Å²) >= 11 is 0. The molecule has 0 unspecified atom stereocenters. The van der Waals surface area contributed by atoms with Gasteiger partial charge in [-0.05, 0) is 25.0 Å². The number of para-hydroxylation sites is 1. The summed E-state index contributed by atoms with van der Waals surface area (Å²) < 4.78 is 5.31. The largest absolute Gasteiger partial charge is 0.425 e. The van der Waals surface area contributed by atoms with Gasteiger partial charge in [0, 0.05) is 0 Å². The summed E-state index contributed by atoms with van der Waals surface area (Å²) in [4.78, 5) is 11.9. The molecule has 0 atom stereocenters. The van der Waals surface area contributed by atoms with Crippen molar-refractivity contribution in [2.24, 2.45) is 5.92 Å². The van der Waals surface area contributed by atoms with Gasteiger partial charge in [-0.3, -0.25) is 4.79 Å². The van der Waals surface area contributed by atoms with Gasteiger partial charge in [0.15, 0.2) is 0 Å². The van der Waals surface area contributed by atoms with Gasteiger partial charge in [0.25, 0.3) is 0 Å². The van der Waals surface area contributed by atoms with E-state index in [2.05, 4.69) is 0 Å². The zero-order chi connectivity index (χ0) is 12.1. The molecule has 0 spiro atoms. The molecule has 0 aromatic heterocycles. The Labute approximate surface area is 101 Å². The first kappa shape index (κ1) is 11.7. The predicted octanol–water partition coefficient (Wildman–Crippen LogP) is 3.04. The molecule has 1 aromatic carbocycles. The van der Waals surface area contributed by atoms with Crippen molar-refractivity contribution in [1.82, 2.24) is 0 Å². The molecule has 0 heterocycles. The normalized spacial score (nSPS) is 16.2. The zero-order valence-electron chi connectivity index (χ0n) is 9.69. The van der Waals surface area contributed by atoms with E-state index in [0.29, 0.717) is 11.3 Å². The molecular formula is C14H15NO2. The van der Waals surface area contributed by atoms with Crippen LogP contribution in [0.4, 0.5) is 0 Å². The van der Waals surface area contributed by atoms with Crippen LogP contribution in [0.1, 0.15) is 37.7 Å². The minimum Gasteiger partial charge on any atom is -0.425 e. The third-order valence-corrected chi connectivity index (χ3v) is 3.16. The summed E-state index contributed by atoms with van der Waals surface area (Å²) in [5, 5.41) is 8.90. The van der Waals surface area contributed by atoms with Gasteiger partial charge in [0.05, 0.1) is 11.5 Å². The lowest BCUT2D eigenvalue weighted by Gasteiger charge is -2.19. The Hall–Kier alpha value is -1.82. The van der Waals surface area contributed by atoms with Crippen LogP contribution < -0.4 is 4.74 Å². The van der Waals surface area contributed by atoms with Crippen molar-refractivity contribution < 1.29 is 9.53 Å². The molecule has 1 aliphatic rings. The fourth-order valence-electron chi connectivity index (χ4n) is 2.18. The number of esters is 1. The molecule has 0 saturated heterocycles. The fourth-order valence-corrected chi connectivity index (χ4v) is 2.18. The number of ether oxygens (including phenoxy) is 1. The van der Waals surface area contributed by atoms with E-state index in [4.69, 9.17) is 10.00 Å². The van der Waals surface area contributed by atoms with Crippen molar-refractivity contribution in [2.75, 3.05) is 0 Å². The standard InChI is InChI=1S/C14H15NO2/c15-10-12-8-4-5-9-13(12)17-14(16)11-6-2-1-3-7-11/h4-5,8-9,11H,1-3,6-7H2. The second-order valence-corrected chi connectivity index (χ2v) is 4.36. The molecule has 1 fully saturated rings. The van der Waals surface area contributed by atoms with E-state index in [0.717, 1.165) is 25.7 Å². The maximum atomic E-state index is 11.9. The smallest absolute Gasteiger partial charge is 0.314 e. The summed E-state index contributed by atoms with van der Waals surface area (Å²) in [6, 6.07) is 8.88. The topological polar surface area (TPSA) is 50.1 Å². The first-order chi connectivity index (χ1) is 8.31. The highest BCUT2D eigenvalue weighted by atomic mass is 16.5. The van der Waals surface area contributed by atoms with Gasteiger partial charge in [-0.15, -0.1) is 0 Å². The number of rotatable bonds is 2. The lowest BCUT2D eigenvalue weighted by Crippen LogP contribution is -2.23. The summed E-state index contributed by atoms with van der Waals surface area (Å²) in [6.07, 6.45) is 5.22. The number of hydrogen-bond donors (Lipinski definition) is 0. The SMILES string of the molecule is N#Cc1ccccc1OC(=O)C1CCCCC1. The van der Waals surface area contributed by atoms with Crippen LogP contribution in [0.15, 0.2) is 24.3 Å². The Balaban J connectivity index is 2.05. The molecule has 3 heteroatoms. The van der Waals surface area contributed by atoms with E-state index in [1.54, 1.807) is 24.3 Å². The summed E-state index contributed by atoms with van der Waals surface area (Å²) in [7, 11) is 0. The van der Waals surface area contributed by atoms with E-state index in [9.17, 15) is 4.79 Å². The van der Waals surface area contributed by atoms with Crippen LogP contribution in [0.3, 0.4) is 0 Å². The van der Waals surface area contributed by atoms with Crippen LogP contribution in [-0.2, 0) is 4.79 Å². The van der Waals surface area contributed by atoms with E-state index in [1.807, 2.05) is 6.07 Å². The lowest BCUT2D eigenvalue weighted by atomic mass is 9.89. The monoisotopic (exact) mass is 229 g/mol. The molecule has 2 rings (SSSR count). The molecular weight excluding hydrogens is 214 g/mol. The highest BCUT2D eigenvalue weighted by molar-refractivity contribution is 5.75. The van der Waals surface area contributed by atoms with E-state index < -0.39 is 0 Å². The maximum Gasteiger partial charge on any atom is 0.314 e. The first-order valence-electron chi connectivity index (χ1n) is 6.02. The molecule has 3 nitrogen and oxygen atoms in total. The van der Waals surface area contributed by atoms with Gasteiger partial charge in [-0.2, -0.15) is 5.26 Å². The first-order valence-corrected chi connectivity index (χ1v) is 6.02. The molecule has 0 aliphatic heterocycles. The highest BCUT2D eigenvalue weighted by Gasteiger charge is 2.23. The van der Waals surface area contributed by atoms with Crippen molar-refractivity contribution in [3.05, 3.63) is 29.8 Å². The van der Waals surface area contributed by atoms with E-state index in [-0.39, 0.29) is 11.9 Å². The van der Waals surface area contributed by atoms with E-state index >= 15 is 0 Å². The molecule has 0 bridgehead atoms. The Bertz CT molecular complexity index is 442. The molecule has 1 aromatic rings. The van der Waals surface area contributed by atoms with Crippen molar-refractivity contribution in [3.63, 3.8) is 0 Å². The summed E-state index contributed by atoms with van der Waals surface area (Å²) in [5.41, 5.74) is 0.414. The highest BCUT2D eigenvalue weighted by Crippen LogP contribution is 2.26. The predicted molar refractivity (Wildman–Crippen MR) is 63.4 cm³/mol. The third kappa shape index (κ3) is 2.85. The quantitative estimate of drug-likeness (QED) is 0.578. The number of carbonyl (C=O) groups excluding carboxylic acids is 1. The Kier molecular flexibility index (Phi) is 3.77. The fraction of sp³-hybridized carbons (Fsp3) is 0.429. The minimum atomic E-state index is -0.188. The van der Waals surface area contributed by atoms with Gasteiger partial charge in [-0.25, -0.2) is 0 Å². The number of nitrogens with zero attached hydrogens (tertiary/aromatic N) is 1. The molecule has 17 heavy (non-hydrogen) atoms. The molecule has 88 valence electrons. The minimum absolute atomic E-state index is 0.00972. The Morgan fingerprint density at radius 2 is 1.94 bits per heavy atom. The van der Waals surface area contributed by atoms with Crippen LogP contribution in [0.25, 0.3) is 0 Å². The molecule has 1 saturated carbocycles. The summed E-state index contributed by atoms with van der Waals surface area (Å²) in [5.74, 6) is 0.202. The van der Waals surface area contributed by atoms with Crippen molar-refractivity contribution >= 4 is 5.97 Å². The van der Waals surface area contributed by atoms with Crippen molar-refractivity contribution in [2.45, 2.75) is 32.1 Å². The second-order valence-electron chi connectivity index (χ2n) is 4.36. The van der Waals surface area contributed by atoms with Gasteiger partial charge in [0.2, 0.25) is 0 Å². The van der Waals surface area contributed by atoms with Crippen LogP contribution in [0, 0.1) is 17.2 Å². The van der Waals surface area contributed by atoms with Crippen LogP contribution in [0.5, 0.6) is 5.75 Å². The average Bonchev–Trinajstić information content (AvgIpc) is 2.40. The van der Waals surface area contributed by atoms with Crippen molar-refractivity contribution in [3.8, 4) is 11.8 Å². The molecule has 0 amide bonds. The van der Waals surface area contributed by atoms with Crippen molar-refractivity contribution in [1.29, 1.82) is 5.26 Å². The number of nitriles is 1. The molecule has 1 aliphatic carbocycles. The molecule has 0 radical (unpaired) electrons. The second kappa shape index (κ2) is 5.49. The summed E-state index contributed by atoms with van der Waals surface area (Å²) in [6.45, 7) is 0. The number of benzene rings is 1. The van der Waals surface area contributed by atoms with E-state index in [1.165, 1.54) is 6.42 Å². The van der Waals surface area contributed by atoms with Crippen LogP contribution in [-0.4, -0.2) is 5.97 Å². The number of carbonyl (C=O) groups is 1. The lowest BCUT2D eigenvalue weighted by molar-refractivity contribution is -0.140. The Morgan fingerprint density at radius 1 is 1.24 bits per heavy atom.